The van der Waals surface area contributed by atoms with Crippen LogP contribution in [0.3, 0.4) is 0 Å². The molecule has 5 nitrogen and oxygen atoms in total. The molecule has 0 saturated heterocycles. The number of hydrogen-bond acceptors (Lipinski definition) is 3. The van der Waals surface area contributed by atoms with E-state index in [1.54, 1.807) is 0 Å². The summed E-state index contributed by atoms with van der Waals surface area (Å²) in [4.78, 5) is 10.4. The molecule has 0 bridgehead atoms. The fourth-order valence-electron chi connectivity index (χ4n) is 9.80. The molecular formula is C55H57N5. The highest BCUT2D eigenvalue weighted by Gasteiger charge is 2.48. The summed E-state index contributed by atoms with van der Waals surface area (Å²) in [6.07, 6.45) is 1.98. The molecule has 0 aliphatic heterocycles. The molecule has 0 spiro atoms. The van der Waals surface area contributed by atoms with E-state index in [2.05, 4.69) is 213 Å². The number of aromatic nitrogens is 5. The average Bonchev–Trinajstić information content (AvgIpc) is 3.81. The predicted octanol–water partition coefficient (Wildman–Crippen LogP) is 13.1. The summed E-state index contributed by atoms with van der Waals surface area (Å²) in [6.45, 7) is 27.1. The Morgan fingerprint density at radius 1 is 0.550 bits per heavy atom. The van der Waals surface area contributed by atoms with E-state index in [9.17, 15) is 0 Å². The van der Waals surface area contributed by atoms with Gasteiger partial charge < -0.3 is 4.40 Å². The van der Waals surface area contributed by atoms with Crippen LogP contribution in [0, 0.1) is 27.7 Å². The summed E-state index contributed by atoms with van der Waals surface area (Å²) >= 11 is 0. The lowest BCUT2D eigenvalue weighted by Gasteiger charge is -2.37. The minimum Gasteiger partial charge on any atom is -0.300 e. The minimum atomic E-state index is -0.692. The molecule has 8 aromatic rings. The number of hydrogen-bond donors (Lipinski definition) is 0. The van der Waals surface area contributed by atoms with Gasteiger partial charge in [-0.1, -0.05) is 126 Å². The standard InChI is InChI=1S/C55H57N5/c1-34-36(3)59-49(54(11,12)48-31-39(26-27-56-48)52(5,6)7)32-42(33-50(59)57-34)55(46-24-18-16-22-44(46)45-23-17-19-25-47(45)55)41-28-40(53(8,9)10)29-43(30-41)60-37(4)51(35(2)58-60)38-20-14-13-15-21-38/h13-33H,1-12H3. The van der Waals surface area contributed by atoms with Crippen molar-refractivity contribution in [3.8, 4) is 27.9 Å². The van der Waals surface area contributed by atoms with Crippen LogP contribution in [0.5, 0.6) is 0 Å². The number of fused-ring (bicyclic) bond motifs is 4. The topological polar surface area (TPSA) is 48.0 Å². The molecule has 1 aliphatic rings. The molecule has 0 unspecified atom stereocenters. The maximum atomic E-state index is 5.31. The molecular weight excluding hydrogens is 731 g/mol. The molecule has 5 heteroatoms. The summed E-state index contributed by atoms with van der Waals surface area (Å²) in [5.74, 6) is 0. The number of rotatable bonds is 6. The van der Waals surface area contributed by atoms with E-state index in [0.717, 1.165) is 45.5 Å². The Morgan fingerprint density at radius 3 is 1.78 bits per heavy atom. The van der Waals surface area contributed by atoms with E-state index in [-0.39, 0.29) is 10.8 Å². The molecule has 0 N–H and O–H groups in total. The van der Waals surface area contributed by atoms with Crippen LogP contribution in [0.15, 0.2) is 128 Å². The fraction of sp³-hybridized carbons (Fsp3) is 0.291. The van der Waals surface area contributed by atoms with E-state index in [1.165, 1.54) is 55.6 Å². The molecule has 60 heavy (non-hydrogen) atoms. The summed E-state index contributed by atoms with van der Waals surface area (Å²) in [5, 5.41) is 5.29. The quantitative estimate of drug-likeness (QED) is 0.169. The van der Waals surface area contributed by atoms with Crippen molar-refractivity contribution in [2.45, 2.75) is 105 Å². The first-order chi connectivity index (χ1) is 28.4. The van der Waals surface area contributed by atoms with Crippen LogP contribution in [0.1, 0.15) is 123 Å². The highest BCUT2D eigenvalue weighted by atomic mass is 15.3. The van der Waals surface area contributed by atoms with Gasteiger partial charge in [0.05, 0.1) is 28.2 Å². The lowest BCUT2D eigenvalue weighted by molar-refractivity contribution is 0.560. The van der Waals surface area contributed by atoms with Gasteiger partial charge in [0.25, 0.3) is 0 Å². The smallest absolute Gasteiger partial charge is 0.137 e. The predicted molar refractivity (Wildman–Crippen MR) is 248 cm³/mol. The van der Waals surface area contributed by atoms with Gasteiger partial charge in [0.2, 0.25) is 0 Å². The van der Waals surface area contributed by atoms with Gasteiger partial charge >= 0.3 is 0 Å². The lowest BCUT2D eigenvalue weighted by Crippen LogP contribution is -2.32. The second-order valence-corrected chi connectivity index (χ2v) is 19.6. The van der Waals surface area contributed by atoms with Gasteiger partial charge in [0, 0.05) is 34.3 Å². The van der Waals surface area contributed by atoms with Gasteiger partial charge in [-0.25, -0.2) is 9.67 Å². The zero-order valence-electron chi connectivity index (χ0n) is 37.4. The zero-order chi connectivity index (χ0) is 42.5. The molecule has 1 aliphatic carbocycles. The zero-order valence-corrected chi connectivity index (χ0v) is 37.4. The SMILES string of the molecule is Cc1nn(-c2cc(C(C)(C)C)cc(C3(c4cc(C(C)(C)c5cc(C(C)(C)C)ccn5)n5c(C)c(C)nc5c4)c4ccccc4-c4ccccc43)c2)c(C)c1-c1ccccc1. The third-order valence-corrected chi connectivity index (χ3v) is 13.3. The Morgan fingerprint density at radius 2 is 1.15 bits per heavy atom. The number of nitrogens with zero attached hydrogens (tertiary/aromatic N) is 5. The van der Waals surface area contributed by atoms with Crippen LogP contribution in [-0.2, 0) is 21.7 Å². The second-order valence-electron chi connectivity index (χ2n) is 19.6. The van der Waals surface area contributed by atoms with Crippen LogP contribution in [-0.4, -0.2) is 24.1 Å². The van der Waals surface area contributed by atoms with Gasteiger partial charge in [0.15, 0.2) is 0 Å². The number of aryl methyl sites for hydroxylation is 3. The first-order valence-corrected chi connectivity index (χ1v) is 21.4. The molecule has 0 atom stereocenters. The molecule has 4 aromatic carbocycles. The number of imidazole rings is 1. The molecule has 4 heterocycles. The molecule has 302 valence electrons. The van der Waals surface area contributed by atoms with Gasteiger partial charge in [-0.3, -0.25) is 4.98 Å². The first kappa shape index (κ1) is 39.4. The molecule has 0 amide bonds. The van der Waals surface area contributed by atoms with E-state index in [4.69, 9.17) is 15.1 Å². The van der Waals surface area contributed by atoms with Gasteiger partial charge in [-0.2, -0.15) is 5.10 Å². The molecule has 9 rings (SSSR count). The maximum Gasteiger partial charge on any atom is 0.137 e. The normalized spacial score (nSPS) is 13.8. The van der Waals surface area contributed by atoms with Crippen molar-refractivity contribution in [3.05, 3.63) is 195 Å². The molecule has 0 saturated carbocycles. The van der Waals surface area contributed by atoms with Crippen molar-refractivity contribution in [2.75, 3.05) is 0 Å². The number of pyridine rings is 2. The van der Waals surface area contributed by atoms with Crippen LogP contribution in [0.4, 0.5) is 0 Å². The van der Waals surface area contributed by atoms with E-state index in [1.807, 2.05) is 6.20 Å². The van der Waals surface area contributed by atoms with Crippen molar-refractivity contribution in [1.82, 2.24) is 24.1 Å². The van der Waals surface area contributed by atoms with Crippen LogP contribution in [0.2, 0.25) is 0 Å². The number of benzene rings is 4. The molecule has 0 radical (unpaired) electrons. The van der Waals surface area contributed by atoms with Gasteiger partial charge in [-0.05, 0) is 139 Å². The Labute approximate surface area is 356 Å². The van der Waals surface area contributed by atoms with E-state index >= 15 is 0 Å². The fourth-order valence-corrected chi connectivity index (χ4v) is 9.80. The van der Waals surface area contributed by atoms with Crippen molar-refractivity contribution < 1.29 is 0 Å². The highest BCUT2D eigenvalue weighted by molar-refractivity contribution is 5.87. The van der Waals surface area contributed by atoms with E-state index in [0.29, 0.717) is 0 Å². The Kier molecular flexibility index (Phi) is 9.02. The Balaban J connectivity index is 1.40. The summed E-state index contributed by atoms with van der Waals surface area (Å²) in [6, 6.07) is 45.2. The monoisotopic (exact) mass is 787 g/mol. The van der Waals surface area contributed by atoms with Crippen molar-refractivity contribution in [1.29, 1.82) is 0 Å². The minimum absolute atomic E-state index is 0.0170. The third-order valence-electron chi connectivity index (χ3n) is 13.3. The average molecular weight is 788 g/mol. The summed E-state index contributed by atoms with van der Waals surface area (Å²) < 4.78 is 4.55. The summed E-state index contributed by atoms with van der Waals surface area (Å²) in [5.41, 5.74) is 19.5. The van der Waals surface area contributed by atoms with Gasteiger partial charge in [0.1, 0.15) is 5.65 Å². The van der Waals surface area contributed by atoms with Crippen molar-refractivity contribution >= 4 is 5.65 Å². The van der Waals surface area contributed by atoms with Crippen LogP contribution in [0.25, 0.3) is 33.6 Å². The van der Waals surface area contributed by atoms with Crippen molar-refractivity contribution in [2.24, 2.45) is 0 Å². The largest absolute Gasteiger partial charge is 0.300 e. The Hall–Kier alpha value is -6.07. The third kappa shape index (κ3) is 5.99. The van der Waals surface area contributed by atoms with Crippen LogP contribution < -0.4 is 0 Å². The maximum absolute atomic E-state index is 5.31. The van der Waals surface area contributed by atoms with E-state index < -0.39 is 10.8 Å². The molecule has 0 fully saturated rings. The Bertz CT molecular complexity index is 2920. The second kappa shape index (κ2) is 13.7. The lowest BCUT2D eigenvalue weighted by atomic mass is 9.66. The summed E-state index contributed by atoms with van der Waals surface area (Å²) in [7, 11) is 0. The van der Waals surface area contributed by atoms with Crippen molar-refractivity contribution in [3.63, 3.8) is 0 Å². The van der Waals surface area contributed by atoms with Gasteiger partial charge in [-0.15, -0.1) is 0 Å². The first-order valence-electron chi connectivity index (χ1n) is 21.4. The highest BCUT2D eigenvalue weighted by Crippen LogP contribution is 2.57. The molecule has 4 aromatic heterocycles. The van der Waals surface area contributed by atoms with Crippen LogP contribution >= 0.6 is 0 Å².